The summed E-state index contributed by atoms with van der Waals surface area (Å²) in [5.74, 6) is 0.0719. The van der Waals surface area contributed by atoms with E-state index < -0.39 is 0 Å². The van der Waals surface area contributed by atoms with E-state index in [0.717, 1.165) is 22.5 Å². The van der Waals surface area contributed by atoms with Crippen LogP contribution in [0.3, 0.4) is 0 Å². The lowest BCUT2D eigenvalue weighted by atomic mass is 10.0. The highest BCUT2D eigenvalue weighted by atomic mass is 35.5. The SMILES string of the molecule is Cc1cccc(C(=O)Cc2cc(Cl)cc(N(C)c3cncnc3)c2)c1. The summed E-state index contributed by atoms with van der Waals surface area (Å²) in [5.41, 5.74) is 4.39. The normalized spacial score (nSPS) is 10.5. The number of carbonyl (C=O) groups excluding carboxylic acids is 1. The maximum Gasteiger partial charge on any atom is 0.167 e. The number of ketones is 1. The molecule has 3 aromatic rings. The number of nitrogens with zero attached hydrogens (tertiary/aromatic N) is 3. The fourth-order valence-corrected chi connectivity index (χ4v) is 2.90. The van der Waals surface area contributed by atoms with E-state index in [1.54, 1.807) is 12.4 Å². The smallest absolute Gasteiger partial charge is 0.167 e. The van der Waals surface area contributed by atoms with E-state index in [0.29, 0.717) is 17.0 Å². The molecule has 0 fully saturated rings. The summed E-state index contributed by atoms with van der Waals surface area (Å²) >= 11 is 6.27. The molecule has 0 amide bonds. The van der Waals surface area contributed by atoms with Gasteiger partial charge in [0.25, 0.3) is 0 Å². The van der Waals surface area contributed by atoms with E-state index in [1.807, 2.05) is 61.3 Å². The first kappa shape index (κ1) is 17.1. The Hall–Kier alpha value is -2.72. The van der Waals surface area contributed by atoms with Gasteiger partial charge in [-0.1, -0.05) is 35.4 Å². The number of carbonyl (C=O) groups is 1. The molecule has 0 aliphatic rings. The van der Waals surface area contributed by atoms with Crippen molar-refractivity contribution in [1.29, 1.82) is 0 Å². The fourth-order valence-electron chi connectivity index (χ4n) is 2.65. The van der Waals surface area contributed by atoms with Crippen molar-refractivity contribution < 1.29 is 4.79 Å². The van der Waals surface area contributed by atoms with Gasteiger partial charge in [-0.25, -0.2) is 9.97 Å². The number of halogens is 1. The molecule has 25 heavy (non-hydrogen) atoms. The second-order valence-corrected chi connectivity index (χ2v) is 6.38. The standard InChI is InChI=1S/C20H18ClN3O/c1-14-4-3-5-16(6-14)20(25)9-15-7-17(21)10-18(8-15)24(2)19-11-22-13-23-12-19/h3-8,10-13H,9H2,1-2H3. The van der Waals surface area contributed by atoms with E-state index in [4.69, 9.17) is 11.6 Å². The molecular weight excluding hydrogens is 334 g/mol. The quantitative estimate of drug-likeness (QED) is 0.628. The first-order valence-electron chi connectivity index (χ1n) is 7.91. The lowest BCUT2D eigenvalue weighted by Crippen LogP contribution is -2.11. The van der Waals surface area contributed by atoms with Gasteiger partial charge in [-0.3, -0.25) is 4.79 Å². The molecule has 0 N–H and O–H groups in total. The maximum absolute atomic E-state index is 12.6. The van der Waals surface area contributed by atoms with Crippen LogP contribution in [0.4, 0.5) is 11.4 Å². The van der Waals surface area contributed by atoms with Crippen LogP contribution in [0.2, 0.25) is 5.02 Å². The molecule has 0 aliphatic carbocycles. The molecule has 2 aromatic carbocycles. The summed E-state index contributed by atoms with van der Waals surface area (Å²) in [7, 11) is 1.91. The van der Waals surface area contributed by atoms with Gasteiger partial charge in [-0.05, 0) is 36.8 Å². The third kappa shape index (κ3) is 4.22. The Kier molecular flexibility index (Phi) is 5.10. The molecule has 0 saturated carbocycles. The van der Waals surface area contributed by atoms with E-state index in [1.165, 1.54) is 6.33 Å². The molecule has 0 radical (unpaired) electrons. The minimum absolute atomic E-state index is 0.0719. The van der Waals surface area contributed by atoms with Gasteiger partial charge in [0.1, 0.15) is 6.33 Å². The van der Waals surface area contributed by atoms with E-state index >= 15 is 0 Å². The minimum Gasteiger partial charge on any atom is -0.342 e. The molecule has 4 nitrogen and oxygen atoms in total. The first-order chi connectivity index (χ1) is 12.0. The number of aryl methyl sites for hydroxylation is 1. The van der Waals surface area contributed by atoms with Gasteiger partial charge in [-0.2, -0.15) is 0 Å². The van der Waals surface area contributed by atoms with Crippen LogP contribution in [-0.2, 0) is 6.42 Å². The lowest BCUT2D eigenvalue weighted by Gasteiger charge is -2.19. The van der Waals surface area contributed by atoms with Crippen LogP contribution in [0.25, 0.3) is 0 Å². The highest BCUT2D eigenvalue weighted by Crippen LogP contribution is 2.27. The van der Waals surface area contributed by atoms with Crippen molar-refractivity contribution in [2.24, 2.45) is 0 Å². The molecule has 3 rings (SSSR count). The van der Waals surface area contributed by atoms with Crippen molar-refractivity contribution in [1.82, 2.24) is 9.97 Å². The summed E-state index contributed by atoms with van der Waals surface area (Å²) in [6.07, 6.45) is 5.24. The average molecular weight is 352 g/mol. The molecule has 0 aliphatic heterocycles. The van der Waals surface area contributed by atoms with Crippen LogP contribution in [0.5, 0.6) is 0 Å². The zero-order valence-corrected chi connectivity index (χ0v) is 14.9. The van der Waals surface area contributed by atoms with E-state index in [2.05, 4.69) is 9.97 Å². The Bertz CT molecular complexity index is 896. The molecule has 0 bridgehead atoms. The van der Waals surface area contributed by atoms with Crippen molar-refractivity contribution >= 4 is 28.8 Å². The molecular formula is C20H18ClN3O. The summed E-state index contributed by atoms with van der Waals surface area (Å²) < 4.78 is 0. The molecule has 1 aromatic heterocycles. The Morgan fingerprint density at radius 3 is 2.56 bits per heavy atom. The number of benzene rings is 2. The van der Waals surface area contributed by atoms with Crippen LogP contribution in [0, 0.1) is 6.92 Å². The third-order valence-corrected chi connectivity index (χ3v) is 4.19. The Morgan fingerprint density at radius 2 is 1.84 bits per heavy atom. The van der Waals surface area contributed by atoms with Crippen LogP contribution < -0.4 is 4.90 Å². The first-order valence-corrected chi connectivity index (χ1v) is 8.29. The summed E-state index contributed by atoms with van der Waals surface area (Å²) in [6.45, 7) is 1.98. The van der Waals surface area contributed by atoms with Gasteiger partial charge in [0, 0.05) is 29.7 Å². The zero-order valence-electron chi connectivity index (χ0n) is 14.1. The van der Waals surface area contributed by atoms with Crippen molar-refractivity contribution in [3.8, 4) is 0 Å². The largest absolute Gasteiger partial charge is 0.342 e. The topological polar surface area (TPSA) is 46.1 Å². The molecule has 126 valence electrons. The van der Waals surface area contributed by atoms with Crippen LogP contribution >= 0.6 is 11.6 Å². The summed E-state index contributed by atoms with van der Waals surface area (Å²) in [4.78, 5) is 22.6. The molecule has 5 heteroatoms. The molecule has 0 atom stereocenters. The fraction of sp³-hybridized carbons (Fsp3) is 0.150. The van der Waals surface area contributed by atoms with Crippen molar-refractivity contribution in [3.05, 3.63) is 82.9 Å². The van der Waals surface area contributed by atoms with Gasteiger partial charge in [0.2, 0.25) is 0 Å². The number of anilines is 2. The maximum atomic E-state index is 12.6. The predicted molar refractivity (Wildman–Crippen MR) is 101 cm³/mol. The number of hydrogen-bond donors (Lipinski definition) is 0. The number of Topliss-reactive ketones (excluding diaryl/α,β-unsaturated/α-hetero) is 1. The van der Waals surface area contributed by atoms with E-state index in [-0.39, 0.29) is 5.78 Å². The van der Waals surface area contributed by atoms with Crippen molar-refractivity contribution in [2.45, 2.75) is 13.3 Å². The molecule has 1 heterocycles. The third-order valence-electron chi connectivity index (χ3n) is 3.97. The second kappa shape index (κ2) is 7.45. The van der Waals surface area contributed by atoms with E-state index in [9.17, 15) is 4.79 Å². The Labute approximate surface area is 152 Å². The Balaban J connectivity index is 1.85. The molecule has 0 saturated heterocycles. The van der Waals surface area contributed by atoms with Gasteiger partial charge < -0.3 is 4.90 Å². The second-order valence-electron chi connectivity index (χ2n) is 5.94. The number of aromatic nitrogens is 2. The minimum atomic E-state index is 0.0719. The molecule has 0 spiro atoms. The molecule has 0 unspecified atom stereocenters. The Morgan fingerprint density at radius 1 is 1.08 bits per heavy atom. The monoisotopic (exact) mass is 351 g/mol. The van der Waals surface area contributed by atoms with Gasteiger partial charge >= 0.3 is 0 Å². The van der Waals surface area contributed by atoms with Gasteiger partial charge in [0.05, 0.1) is 18.1 Å². The van der Waals surface area contributed by atoms with Gasteiger partial charge in [-0.15, -0.1) is 0 Å². The van der Waals surface area contributed by atoms with Crippen LogP contribution in [0.15, 0.2) is 61.2 Å². The predicted octanol–water partition coefficient (Wildman–Crippen LogP) is 4.63. The van der Waals surface area contributed by atoms with Crippen molar-refractivity contribution in [3.63, 3.8) is 0 Å². The average Bonchev–Trinajstić information content (AvgIpc) is 2.61. The number of hydrogen-bond acceptors (Lipinski definition) is 4. The van der Waals surface area contributed by atoms with Gasteiger partial charge in [0.15, 0.2) is 5.78 Å². The van der Waals surface area contributed by atoms with Crippen LogP contribution in [0.1, 0.15) is 21.5 Å². The summed E-state index contributed by atoms with van der Waals surface area (Å²) in [6, 6.07) is 13.3. The highest BCUT2D eigenvalue weighted by Gasteiger charge is 2.11. The van der Waals surface area contributed by atoms with Crippen LogP contribution in [-0.4, -0.2) is 22.8 Å². The summed E-state index contributed by atoms with van der Waals surface area (Å²) in [5, 5.41) is 0.591. The lowest BCUT2D eigenvalue weighted by molar-refractivity contribution is 0.0993. The zero-order chi connectivity index (χ0) is 17.8. The van der Waals surface area contributed by atoms with Crippen molar-refractivity contribution in [2.75, 3.05) is 11.9 Å². The highest BCUT2D eigenvalue weighted by molar-refractivity contribution is 6.31. The number of rotatable bonds is 5.